The lowest BCUT2D eigenvalue weighted by Gasteiger charge is -2.55. The lowest BCUT2D eigenvalue weighted by atomic mass is 9.62. The summed E-state index contributed by atoms with van der Waals surface area (Å²) in [6.07, 6.45) is 3.86. The Morgan fingerprint density at radius 1 is 1.07 bits per heavy atom. The standard InChI is InChI=1S/C22H22N2O3/c25-20(23-14-8-2-1-3-9-14)19-18-15-10-4-5-12-17(15)27-22(24-21(19)26)13-7-6-11-16(18)22/h1-5,8-10,12,16,18-19H,6-7,11,13H2,(H,23,25)(H,24,26)/t16?,18?,19?,22-/m0/s1. The summed E-state index contributed by atoms with van der Waals surface area (Å²) in [5, 5.41) is 6.03. The van der Waals surface area contributed by atoms with Gasteiger partial charge in [0.2, 0.25) is 11.8 Å². The maximum absolute atomic E-state index is 13.1. The van der Waals surface area contributed by atoms with Crippen LogP contribution < -0.4 is 15.4 Å². The normalized spacial score (nSPS) is 31.0. The van der Waals surface area contributed by atoms with E-state index in [1.807, 2.05) is 54.6 Å². The molecule has 1 aliphatic carbocycles. The molecule has 0 aromatic heterocycles. The molecule has 2 heterocycles. The molecule has 0 radical (unpaired) electrons. The Morgan fingerprint density at radius 2 is 1.85 bits per heavy atom. The number of para-hydroxylation sites is 2. The van der Waals surface area contributed by atoms with Crippen molar-refractivity contribution in [1.82, 2.24) is 5.32 Å². The summed E-state index contributed by atoms with van der Waals surface area (Å²) in [6.45, 7) is 0. The maximum atomic E-state index is 13.1. The summed E-state index contributed by atoms with van der Waals surface area (Å²) in [4.78, 5) is 26.2. The smallest absolute Gasteiger partial charge is 0.237 e. The highest BCUT2D eigenvalue weighted by Gasteiger charge is 2.60. The van der Waals surface area contributed by atoms with Gasteiger partial charge in [-0.1, -0.05) is 42.8 Å². The van der Waals surface area contributed by atoms with Crippen LogP contribution in [0.4, 0.5) is 5.69 Å². The first-order valence-corrected chi connectivity index (χ1v) is 9.64. The van der Waals surface area contributed by atoms with Crippen molar-refractivity contribution in [2.75, 3.05) is 5.32 Å². The SMILES string of the molecule is O=C(Nc1ccccc1)C1C(=O)N[C@]23CCCCC2C1c1ccccc1O3. The third kappa shape index (κ3) is 2.52. The van der Waals surface area contributed by atoms with Crippen LogP contribution in [0.25, 0.3) is 0 Å². The van der Waals surface area contributed by atoms with E-state index in [2.05, 4.69) is 10.6 Å². The molecule has 5 heteroatoms. The molecule has 5 rings (SSSR count). The van der Waals surface area contributed by atoms with E-state index in [9.17, 15) is 9.59 Å². The fourth-order valence-electron chi connectivity index (χ4n) is 5.09. The molecule has 2 aromatic rings. The van der Waals surface area contributed by atoms with Crippen molar-refractivity contribution in [2.45, 2.75) is 37.3 Å². The van der Waals surface area contributed by atoms with E-state index in [1.54, 1.807) is 0 Å². The Bertz CT molecular complexity index is 897. The second-order valence-corrected chi connectivity index (χ2v) is 7.73. The second-order valence-electron chi connectivity index (χ2n) is 7.73. The zero-order valence-corrected chi connectivity index (χ0v) is 15.0. The number of carbonyl (C=O) groups excluding carboxylic acids is 2. The highest BCUT2D eigenvalue weighted by molar-refractivity contribution is 6.08. The molecule has 3 aliphatic rings. The van der Waals surface area contributed by atoms with Crippen molar-refractivity contribution in [3.8, 4) is 5.75 Å². The molecular formula is C22H22N2O3. The molecule has 2 N–H and O–H groups in total. The number of ether oxygens (including phenoxy) is 1. The lowest BCUT2D eigenvalue weighted by molar-refractivity contribution is -0.160. The molecule has 2 aromatic carbocycles. The first-order chi connectivity index (χ1) is 13.2. The van der Waals surface area contributed by atoms with Crippen molar-refractivity contribution < 1.29 is 14.3 Å². The molecule has 27 heavy (non-hydrogen) atoms. The topological polar surface area (TPSA) is 67.4 Å². The van der Waals surface area contributed by atoms with Crippen LogP contribution in [0.15, 0.2) is 54.6 Å². The molecule has 2 bridgehead atoms. The van der Waals surface area contributed by atoms with Crippen LogP contribution in [-0.2, 0) is 9.59 Å². The van der Waals surface area contributed by atoms with Gasteiger partial charge >= 0.3 is 0 Å². The number of nitrogens with one attached hydrogen (secondary N) is 2. The number of amides is 2. The minimum Gasteiger partial charge on any atom is -0.467 e. The Balaban J connectivity index is 1.57. The van der Waals surface area contributed by atoms with Gasteiger partial charge in [-0.25, -0.2) is 0 Å². The van der Waals surface area contributed by atoms with Gasteiger partial charge in [-0.05, 0) is 36.6 Å². The van der Waals surface area contributed by atoms with Crippen LogP contribution in [-0.4, -0.2) is 17.5 Å². The average molecular weight is 362 g/mol. The van der Waals surface area contributed by atoms with Crippen molar-refractivity contribution >= 4 is 17.5 Å². The van der Waals surface area contributed by atoms with Crippen LogP contribution in [0.1, 0.15) is 37.2 Å². The van der Waals surface area contributed by atoms with Gasteiger partial charge in [0.25, 0.3) is 0 Å². The quantitative estimate of drug-likeness (QED) is 0.805. The minimum absolute atomic E-state index is 0.116. The van der Waals surface area contributed by atoms with Gasteiger partial charge in [0.15, 0.2) is 5.72 Å². The molecule has 2 fully saturated rings. The Hall–Kier alpha value is -2.82. The van der Waals surface area contributed by atoms with Gasteiger partial charge in [0.05, 0.1) is 0 Å². The molecule has 0 spiro atoms. The predicted octanol–water partition coefficient (Wildman–Crippen LogP) is 3.43. The number of hydrogen-bond donors (Lipinski definition) is 2. The molecule has 4 atom stereocenters. The molecule has 3 unspecified atom stereocenters. The zero-order chi connectivity index (χ0) is 18.4. The monoisotopic (exact) mass is 362 g/mol. The molecule has 1 saturated heterocycles. The number of benzene rings is 2. The third-order valence-corrected chi connectivity index (χ3v) is 6.22. The number of piperidine rings is 1. The van der Waals surface area contributed by atoms with Crippen molar-refractivity contribution in [3.63, 3.8) is 0 Å². The average Bonchev–Trinajstić information content (AvgIpc) is 2.67. The van der Waals surface area contributed by atoms with Gasteiger partial charge < -0.3 is 15.4 Å². The van der Waals surface area contributed by atoms with E-state index in [0.717, 1.165) is 37.0 Å². The summed E-state index contributed by atoms with van der Waals surface area (Å²) in [5.74, 6) is -0.497. The summed E-state index contributed by atoms with van der Waals surface area (Å²) < 4.78 is 6.35. The maximum Gasteiger partial charge on any atom is 0.237 e. The van der Waals surface area contributed by atoms with Crippen LogP contribution in [0.2, 0.25) is 0 Å². The molecule has 1 saturated carbocycles. The van der Waals surface area contributed by atoms with E-state index in [4.69, 9.17) is 4.74 Å². The lowest BCUT2D eigenvalue weighted by Crippen LogP contribution is -2.69. The molecule has 2 amide bonds. The van der Waals surface area contributed by atoms with Crippen LogP contribution >= 0.6 is 0 Å². The Morgan fingerprint density at radius 3 is 2.70 bits per heavy atom. The van der Waals surface area contributed by atoms with Gasteiger partial charge in [0, 0.05) is 23.9 Å². The molecule has 2 aliphatic heterocycles. The number of carbonyl (C=O) groups is 2. The van der Waals surface area contributed by atoms with E-state index in [0.29, 0.717) is 5.69 Å². The minimum atomic E-state index is -0.758. The van der Waals surface area contributed by atoms with Gasteiger partial charge in [-0.2, -0.15) is 0 Å². The Labute approximate surface area is 158 Å². The van der Waals surface area contributed by atoms with Gasteiger partial charge in [-0.15, -0.1) is 0 Å². The summed E-state index contributed by atoms with van der Waals surface area (Å²) in [5.41, 5.74) is 1.01. The number of fused-ring (bicyclic) bond motifs is 2. The van der Waals surface area contributed by atoms with Crippen molar-refractivity contribution in [2.24, 2.45) is 11.8 Å². The van der Waals surface area contributed by atoms with Crippen LogP contribution in [0.3, 0.4) is 0 Å². The number of anilines is 1. The van der Waals surface area contributed by atoms with E-state index < -0.39 is 11.6 Å². The number of rotatable bonds is 2. The first-order valence-electron chi connectivity index (χ1n) is 9.64. The zero-order valence-electron chi connectivity index (χ0n) is 15.0. The van der Waals surface area contributed by atoms with Gasteiger partial charge in [-0.3, -0.25) is 9.59 Å². The largest absolute Gasteiger partial charge is 0.467 e. The number of hydrogen-bond acceptors (Lipinski definition) is 3. The third-order valence-electron chi connectivity index (χ3n) is 6.22. The molecular weight excluding hydrogens is 340 g/mol. The Kier molecular flexibility index (Phi) is 3.71. The van der Waals surface area contributed by atoms with E-state index in [-0.39, 0.29) is 23.7 Å². The molecule has 138 valence electrons. The summed E-state index contributed by atoms with van der Waals surface area (Å²) in [7, 11) is 0. The predicted molar refractivity (Wildman–Crippen MR) is 101 cm³/mol. The fourth-order valence-corrected chi connectivity index (χ4v) is 5.09. The molecule has 5 nitrogen and oxygen atoms in total. The van der Waals surface area contributed by atoms with E-state index in [1.165, 1.54) is 0 Å². The van der Waals surface area contributed by atoms with Crippen molar-refractivity contribution in [3.05, 3.63) is 60.2 Å². The van der Waals surface area contributed by atoms with E-state index >= 15 is 0 Å². The second kappa shape index (κ2) is 6.12. The fraction of sp³-hybridized carbons (Fsp3) is 0.364. The highest BCUT2D eigenvalue weighted by Crippen LogP contribution is 2.55. The van der Waals surface area contributed by atoms with Crippen LogP contribution in [0.5, 0.6) is 5.75 Å². The summed E-state index contributed by atoms with van der Waals surface area (Å²) >= 11 is 0. The van der Waals surface area contributed by atoms with Crippen LogP contribution in [0, 0.1) is 11.8 Å². The van der Waals surface area contributed by atoms with Crippen molar-refractivity contribution in [1.29, 1.82) is 0 Å². The summed E-state index contributed by atoms with van der Waals surface area (Å²) in [6, 6.07) is 17.1. The first kappa shape index (κ1) is 16.4. The highest BCUT2D eigenvalue weighted by atomic mass is 16.5. The van der Waals surface area contributed by atoms with Gasteiger partial charge in [0.1, 0.15) is 11.7 Å².